The first-order chi connectivity index (χ1) is 11.1. The molecule has 0 radical (unpaired) electrons. The van der Waals surface area contributed by atoms with E-state index in [9.17, 15) is 9.59 Å². The summed E-state index contributed by atoms with van der Waals surface area (Å²) < 4.78 is 4.68. The molecule has 2 aromatic carbocycles. The van der Waals surface area contributed by atoms with Crippen LogP contribution in [0.5, 0.6) is 0 Å². The second-order valence-corrected chi connectivity index (χ2v) is 5.07. The van der Waals surface area contributed by atoms with E-state index in [1.165, 1.54) is 7.11 Å². The largest absolute Gasteiger partial charge is 0.375 e. The summed E-state index contributed by atoms with van der Waals surface area (Å²) in [5, 5.41) is 8.77. The van der Waals surface area contributed by atoms with Gasteiger partial charge in [-0.05, 0) is 18.4 Å². The van der Waals surface area contributed by atoms with E-state index in [1.54, 1.807) is 6.92 Å². The van der Waals surface area contributed by atoms with Crippen LogP contribution in [0, 0.1) is 0 Å². The third kappa shape index (κ3) is 4.89. The van der Waals surface area contributed by atoms with Crippen LogP contribution >= 0.6 is 0 Å². The molecule has 6 heteroatoms. The summed E-state index contributed by atoms with van der Waals surface area (Å²) in [5.74, 6) is -0.551. The normalized spacial score (nSPS) is 11.3. The second-order valence-electron chi connectivity index (χ2n) is 5.07. The number of carbonyl (C=O) groups excluding carboxylic acids is 2. The van der Waals surface area contributed by atoms with Crippen LogP contribution in [0.2, 0.25) is 0 Å². The van der Waals surface area contributed by atoms with Crippen LogP contribution in [0.25, 0.3) is 10.8 Å². The Kier molecular flexibility index (Phi) is 5.82. The Balaban J connectivity index is 1.98. The summed E-state index contributed by atoms with van der Waals surface area (Å²) in [7, 11) is 1.42. The number of fused-ring (bicyclic) bond motifs is 1. The topological polar surface area (TPSA) is 79.8 Å². The standard InChI is InChI=1S/C17H19N3O3/c1-12(19-20-17(22)11-23-2)10-16(21)18-15-9-5-7-13-6-3-4-8-14(13)15/h3-9H,10-11H2,1-2H3,(H,18,21)(H,20,22)/b19-12-. The molecule has 0 unspecified atom stereocenters. The third-order valence-electron chi connectivity index (χ3n) is 3.13. The Bertz CT molecular complexity index is 735. The Morgan fingerprint density at radius 3 is 2.61 bits per heavy atom. The maximum atomic E-state index is 12.1. The van der Waals surface area contributed by atoms with Gasteiger partial charge in [0, 0.05) is 23.9 Å². The van der Waals surface area contributed by atoms with Gasteiger partial charge in [-0.15, -0.1) is 0 Å². The number of anilines is 1. The van der Waals surface area contributed by atoms with E-state index >= 15 is 0 Å². The Hall–Kier alpha value is -2.73. The van der Waals surface area contributed by atoms with E-state index in [1.807, 2.05) is 42.5 Å². The average Bonchev–Trinajstić information content (AvgIpc) is 2.53. The molecule has 2 amide bonds. The molecule has 23 heavy (non-hydrogen) atoms. The fourth-order valence-corrected chi connectivity index (χ4v) is 2.12. The first-order valence-corrected chi connectivity index (χ1v) is 7.18. The van der Waals surface area contributed by atoms with Crippen molar-refractivity contribution in [3.8, 4) is 0 Å². The molecule has 0 aliphatic heterocycles. The van der Waals surface area contributed by atoms with E-state index < -0.39 is 0 Å². The number of ether oxygens (including phenoxy) is 1. The number of hydrogen-bond donors (Lipinski definition) is 2. The van der Waals surface area contributed by atoms with Gasteiger partial charge in [0.05, 0.1) is 6.42 Å². The highest BCUT2D eigenvalue weighted by Crippen LogP contribution is 2.22. The zero-order valence-electron chi connectivity index (χ0n) is 13.1. The van der Waals surface area contributed by atoms with Crippen LogP contribution in [-0.4, -0.2) is 31.2 Å². The zero-order chi connectivity index (χ0) is 16.7. The highest BCUT2D eigenvalue weighted by Gasteiger charge is 2.07. The maximum Gasteiger partial charge on any atom is 0.266 e. The summed E-state index contributed by atoms with van der Waals surface area (Å²) in [5.41, 5.74) is 3.59. The minimum absolute atomic E-state index is 0.0705. The lowest BCUT2D eigenvalue weighted by Crippen LogP contribution is -2.24. The molecule has 0 fully saturated rings. The second kappa shape index (κ2) is 8.05. The highest BCUT2D eigenvalue weighted by atomic mass is 16.5. The van der Waals surface area contributed by atoms with Gasteiger partial charge >= 0.3 is 0 Å². The van der Waals surface area contributed by atoms with Crippen molar-refractivity contribution in [1.82, 2.24) is 5.43 Å². The number of hydrogen-bond acceptors (Lipinski definition) is 4. The highest BCUT2D eigenvalue weighted by molar-refractivity contribution is 6.09. The molecule has 0 spiro atoms. The van der Waals surface area contributed by atoms with Crippen LogP contribution in [-0.2, 0) is 14.3 Å². The number of hydrazone groups is 1. The summed E-state index contributed by atoms with van der Waals surface area (Å²) >= 11 is 0. The monoisotopic (exact) mass is 313 g/mol. The number of rotatable bonds is 6. The van der Waals surface area contributed by atoms with E-state index in [0.717, 1.165) is 16.5 Å². The summed E-state index contributed by atoms with van der Waals surface area (Å²) in [6, 6.07) is 13.6. The molecule has 0 bridgehead atoms. The van der Waals surface area contributed by atoms with Crippen molar-refractivity contribution in [3.05, 3.63) is 42.5 Å². The average molecular weight is 313 g/mol. The summed E-state index contributed by atoms with van der Waals surface area (Å²) in [6.45, 7) is 1.61. The van der Waals surface area contributed by atoms with Crippen LogP contribution in [0.3, 0.4) is 0 Å². The van der Waals surface area contributed by atoms with Gasteiger partial charge in [0.25, 0.3) is 5.91 Å². The van der Waals surface area contributed by atoms with Gasteiger partial charge in [0.2, 0.25) is 5.91 Å². The van der Waals surface area contributed by atoms with E-state index in [2.05, 4.69) is 20.6 Å². The third-order valence-corrected chi connectivity index (χ3v) is 3.13. The van der Waals surface area contributed by atoms with Gasteiger partial charge in [0.15, 0.2) is 0 Å². The number of methoxy groups -OCH3 is 1. The predicted octanol–water partition coefficient (Wildman–Crippen LogP) is 2.31. The van der Waals surface area contributed by atoms with Crippen LogP contribution in [0.4, 0.5) is 5.69 Å². The summed E-state index contributed by atoms with van der Waals surface area (Å²) in [4.78, 5) is 23.3. The molecule has 2 aromatic rings. The van der Waals surface area contributed by atoms with Gasteiger partial charge in [-0.1, -0.05) is 36.4 Å². The number of carbonyl (C=O) groups is 2. The van der Waals surface area contributed by atoms with Crippen molar-refractivity contribution in [2.75, 3.05) is 19.0 Å². The lowest BCUT2D eigenvalue weighted by Gasteiger charge is -2.08. The van der Waals surface area contributed by atoms with Crippen molar-refractivity contribution in [3.63, 3.8) is 0 Å². The minimum Gasteiger partial charge on any atom is -0.375 e. The van der Waals surface area contributed by atoms with Crippen LogP contribution in [0.15, 0.2) is 47.6 Å². The number of nitrogens with one attached hydrogen (secondary N) is 2. The number of nitrogens with zero attached hydrogens (tertiary/aromatic N) is 1. The van der Waals surface area contributed by atoms with E-state index in [4.69, 9.17) is 0 Å². The van der Waals surface area contributed by atoms with Crippen molar-refractivity contribution in [1.29, 1.82) is 0 Å². The Morgan fingerprint density at radius 1 is 1.09 bits per heavy atom. The first-order valence-electron chi connectivity index (χ1n) is 7.18. The molecule has 0 aliphatic rings. The van der Waals surface area contributed by atoms with Crippen molar-refractivity contribution in [2.45, 2.75) is 13.3 Å². The molecule has 0 saturated carbocycles. The van der Waals surface area contributed by atoms with Gasteiger partial charge in [-0.25, -0.2) is 5.43 Å². The fourth-order valence-electron chi connectivity index (χ4n) is 2.12. The van der Waals surface area contributed by atoms with Gasteiger partial charge < -0.3 is 10.1 Å². The quantitative estimate of drug-likeness (QED) is 0.634. The zero-order valence-corrected chi connectivity index (χ0v) is 13.1. The molecule has 0 aromatic heterocycles. The molecule has 120 valence electrons. The smallest absolute Gasteiger partial charge is 0.266 e. The van der Waals surface area contributed by atoms with Gasteiger partial charge in [-0.2, -0.15) is 5.10 Å². The first kappa shape index (κ1) is 16.6. The predicted molar refractivity (Wildman–Crippen MR) is 90.3 cm³/mol. The van der Waals surface area contributed by atoms with Crippen molar-refractivity contribution in [2.24, 2.45) is 5.10 Å². The van der Waals surface area contributed by atoms with Gasteiger partial charge in [-0.3, -0.25) is 9.59 Å². The molecule has 6 nitrogen and oxygen atoms in total. The van der Waals surface area contributed by atoms with Gasteiger partial charge in [0.1, 0.15) is 6.61 Å². The molecule has 0 atom stereocenters. The summed E-state index contributed by atoms with van der Waals surface area (Å²) in [6.07, 6.45) is 0.0937. The molecule has 2 rings (SSSR count). The van der Waals surface area contributed by atoms with Crippen molar-refractivity contribution >= 4 is 34.0 Å². The lowest BCUT2D eigenvalue weighted by molar-refractivity contribution is -0.124. The number of benzene rings is 2. The molecule has 0 heterocycles. The van der Waals surface area contributed by atoms with E-state index in [0.29, 0.717) is 5.71 Å². The Morgan fingerprint density at radius 2 is 1.83 bits per heavy atom. The molecule has 0 saturated heterocycles. The minimum atomic E-state index is -0.360. The van der Waals surface area contributed by atoms with E-state index in [-0.39, 0.29) is 24.8 Å². The molecule has 2 N–H and O–H groups in total. The molecular weight excluding hydrogens is 294 g/mol. The maximum absolute atomic E-state index is 12.1. The number of amides is 2. The molecular formula is C17H19N3O3. The van der Waals surface area contributed by atoms with Crippen LogP contribution < -0.4 is 10.7 Å². The molecule has 0 aliphatic carbocycles. The lowest BCUT2D eigenvalue weighted by atomic mass is 10.1. The van der Waals surface area contributed by atoms with Crippen molar-refractivity contribution < 1.29 is 14.3 Å². The van der Waals surface area contributed by atoms with Crippen LogP contribution in [0.1, 0.15) is 13.3 Å². The fraction of sp³-hybridized carbons (Fsp3) is 0.235. The SMILES string of the molecule is COCC(=O)N/N=C(/C)CC(=O)Nc1cccc2ccccc12. The Labute approximate surface area is 134 Å².